The van der Waals surface area contributed by atoms with Crippen LogP contribution in [0.5, 0.6) is 0 Å². The average molecular weight is 592 g/mol. The third-order valence-corrected chi connectivity index (χ3v) is 9.60. The van der Waals surface area contributed by atoms with Crippen molar-refractivity contribution in [1.29, 1.82) is 0 Å². The number of hydrogen-bond acceptors (Lipinski definition) is 0. The van der Waals surface area contributed by atoms with Crippen LogP contribution < -0.4 is 15.9 Å². The van der Waals surface area contributed by atoms with E-state index in [4.69, 9.17) is 0 Å². The third kappa shape index (κ3) is 4.39. The summed E-state index contributed by atoms with van der Waals surface area (Å²) in [5.74, 6) is -23.4. The van der Waals surface area contributed by atoms with E-state index in [-0.39, 0.29) is 21.8 Å². The molecule has 5 rings (SSSR count). The van der Waals surface area contributed by atoms with Crippen molar-refractivity contribution in [2.75, 3.05) is 0 Å². The fraction of sp³-hybridized carbons (Fsp3) is 0.103. The van der Waals surface area contributed by atoms with Gasteiger partial charge in [-0.25, -0.2) is 0 Å². The number of rotatable bonds is 3. The van der Waals surface area contributed by atoms with E-state index in [1.165, 1.54) is 19.1 Å². The van der Waals surface area contributed by atoms with Crippen molar-refractivity contribution < 1.29 is 43.9 Å². The zero-order chi connectivity index (χ0) is 29.9. The normalized spacial score (nSPS) is 16.2. The van der Waals surface area contributed by atoms with Crippen molar-refractivity contribution in [2.24, 2.45) is 5.92 Å². The Labute approximate surface area is 228 Å². The molecule has 0 heterocycles. The van der Waals surface area contributed by atoms with E-state index in [1.54, 1.807) is 36.4 Å². The van der Waals surface area contributed by atoms with Gasteiger partial charge in [-0.2, -0.15) is 0 Å². The fourth-order valence-corrected chi connectivity index (χ4v) is 7.13. The molecular weight excluding hydrogens is 577 g/mol. The van der Waals surface area contributed by atoms with Gasteiger partial charge in [0.25, 0.3) is 0 Å². The molecule has 0 saturated carbocycles. The third-order valence-electron chi connectivity index (χ3n) is 7.18. The molecule has 0 saturated heterocycles. The molecule has 4 aromatic rings. The van der Waals surface area contributed by atoms with Crippen LogP contribution in [0.2, 0.25) is 6.55 Å². The Morgan fingerprint density at radius 2 is 1.07 bits per heavy atom. The second-order valence-corrected chi connectivity index (χ2v) is 11.7. The van der Waals surface area contributed by atoms with Gasteiger partial charge in [0, 0.05) is 0 Å². The molecule has 41 heavy (non-hydrogen) atoms. The first kappa shape index (κ1) is 28.7. The van der Waals surface area contributed by atoms with Crippen LogP contribution in [0.3, 0.4) is 0 Å². The predicted molar refractivity (Wildman–Crippen MR) is 136 cm³/mol. The Hall–Kier alpha value is -3.80. The summed E-state index contributed by atoms with van der Waals surface area (Å²) in [7, 11) is -1.79. The van der Waals surface area contributed by atoms with Gasteiger partial charge in [0.2, 0.25) is 0 Å². The Bertz CT molecular complexity index is 1860. The molecule has 0 bridgehead atoms. The molecule has 0 spiro atoms. The fourth-order valence-electron chi connectivity index (χ4n) is 5.13. The molecule has 208 valence electrons. The van der Waals surface area contributed by atoms with Crippen molar-refractivity contribution in [3.8, 4) is 0 Å². The van der Waals surface area contributed by atoms with E-state index >= 15 is 8.78 Å². The summed E-state index contributed by atoms with van der Waals surface area (Å²) >= 11 is 0. The molecule has 0 nitrogen and oxygen atoms in total. The number of halogens is 10. The zero-order valence-corrected chi connectivity index (χ0v) is 22.1. The summed E-state index contributed by atoms with van der Waals surface area (Å²) in [6.07, 6.45) is 0. The average Bonchev–Trinajstić information content (AvgIpc) is 3.26. The van der Waals surface area contributed by atoms with Crippen molar-refractivity contribution in [3.05, 3.63) is 128 Å². The van der Waals surface area contributed by atoms with E-state index in [9.17, 15) is 35.1 Å². The Balaban J connectivity index is 1.97. The molecule has 0 amide bonds. The first-order valence-electron chi connectivity index (χ1n) is 12.0. The van der Waals surface area contributed by atoms with Crippen molar-refractivity contribution >= 4 is 37.0 Å². The Morgan fingerprint density at radius 3 is 1.61 bits per heavy atom. The van der Waals surface area contributed by atoms with Crippen LogP contribution in [0.25, 0.3) is 5.57 Å². The van der Waals surface area contributed by atoms with E-state index in [0.717, 1.165) is 5.19 Å². The second kappa shape index (κ2) is 10.6. The van der Waals surface area contributed by atoms with E-state index in [2.05, 4.69) is 0 Å². The molecule has 0 N–H and O–H groups in total. The van der Waals surface area contributed by atoms with E-state index < -0.39 is 83.5 Å². The minimum absolute atomic E-state index is 0.0542. The van der Waals surface area contributed by atoms with Gasteiger partial charge in [-0.05, 0) is 0 Å². The maximum atomic E-state index is 15.2. The van der Waals surface area contributed by atoms with Crippen molar-refractivity contribution in [1.82, 2.24) is 0 Å². The maximum absolute atomic E-state index is 15.2. The summed E-state index contributed by atoms with van der Waals surface area (Å²) in [5.41, 5.74) is -3.00. The molecule has 0 aromatic heterocycles. The Kier molecular flexibility index (Phi) is 7.39. The van der Waals surface area contributed by atoms with Gasteiger partial charge >= 0.3 is 228 Å². The summed E-state index contributed by atoms with van der Waals surface area (Å²) < 4.78 is 144. The quantitative estimate of drug-likeness (QED) is 0.131. The molecule has 0 aliphatic heterocycles. The van der Waals surface area contributed by atoms with Gasteiger partial charge in [-0.1, -0.05) is 0 Å². The van der Waals surface area contributed by atoms with Gasteiger partial charge in [0.1, 0.15) is 0 Å². The van der Waals surface area contributed by atoms with Gasteiger partial charge in [-0.15, -0.1) is 0 Å². The topological polar surface area (TPSA) is 0 Å². The molecule has 0 fully saturated rings. The molecule has 1 atom stereocenters. The molecule has 1 aliphatic rings. The van der Waals surface area contributed by atoms with Gasteiger partial charge in [0.15, 0.2) is 0 Å². The SMILES string of the molecule is CC1C(=Bc2c(F)c(F)c(F)c(F)c2F)c2cccc(=[Si](C)c3ccccc3)c2=C1c1c(F)c(F)c(F)c(F)c1F. The molecular formula is C29H15BF10Si. The van der Waals surface area contributed by atoms with Crippen LogP contribution in [-0.4, -0.2) is 20.8 Å². The molecule has 12 heteroatoms. The molecule has 0 radical (unpaired) electrons. The molecule has 1 unspecified atom stereocenters. The van der Waals surface area contributed by atoms with E-state index in [0.29, 0.717) is 11.7 Å². The van der Waals surface area contributed by atoms with Crippen molar-refractivity contribution in [2.45, 2.75) is 13.5 Å². The van der Waals surface area contributed by atoms with Crippen LogP contribution in [-0.2, 0) is 0 Å². The van der Waals surface area contributed by atoms with Crippen molar-refractivity contribution in [3.63, 3.8) is 0 Å². The Morgan fingerprint density at radius 1 is 0.585 bits per heavy atom. The monoisotopic (exact) mass is 592 g/mol. The summed E-state index contributed by atoms with van der Waals surface area (Å²) in [6, 6.07) is 13.3. The van der Waals surface area contributed by atoms with Crippen LogP contribution in [0.1, 0.15) is 18.1 Å². The summed E-state index contributed by atoms with van der Waals surface area (Å²) in [4.78, 5) is 0.463. The predicted octanol–water partition coefficient (Wildman–Crippen LogP) is 5.34. The number of benzene rings is 4. The molecule has 1 aliphatic carbocycles. The first-order valence-corrected chi connectivity index (χ1v) is 14.0. The molecule has 4 aromatic carbocycles. The van der Waals surface area contributed by atoms with Crippen LogP contribution >= 0.6 is 0 Å². The number of hydrogen-bond donors (Lipinski definition) is 0. The zero-order valence-electron chi connectivity index (χ0n) is 21.1. The van der Waals surface area contributed by atoms with Gasteiger partial charge in [-0.3, -0.25) is 0 Å². The van der Waals surface area contributed by atoms with E-state index in [1.807, 2.05) is 6.55 Å². The van der Waals surface area contributed by atoms with Crippen LogP contribution in [0, 0.1) is 68.9 Å². The van der Waals surface area contributed by atoms with Gasteiger partial charge in [0.05, 0.1) is 0 Å². The summed E-state index contributed by atoms with van der Waals surface area (Å²) in [6.45, 7) is 3.75. The van der Waals surface area contributed by atoms with Crippen LogP contribution in [0.4, 0.5) is 43.9 Å². The first-order chi connectivity index (χ1) is 19.4. The van der Waals surface area contributed by atoms with Gasteiger partial charge < -0.3 is 0 Å². The minimum atomic E-state index is -2.38. The number of fused-ring (bicyclic) bond motifs is 1. The van der Waals surface area contributed by atoms with Crippen LogP contribution in [0.15, 0.2) is 48.5 Å². The second-order valence-electron chi connectivity index (χ2n) is 9.38. The standard InChI is InChI=1S/C29H15BF10Si/c1-11-15(17-20(31)24(35)28(39)25(36)21(17)32)16-13(9-6-10-14(16)41(2)12-7-4-3-5-8-12)18(11)30-19-22(33)26(37)29(40)27(38)23(19)34/h3-11H,1-2H3. The summed E-state index contributed by atoms with van der Waals surface area (Å²) in [5, 5.41) is 0.867.